The second kappa shape index (κ2) is 9.40. The molecule has 0 aliphatic carbocycles. The van der Waals surface area contributed by atoms with Crippen molar-refractivity contribution in [2.24, 2.45) is 0 Å². The molecule has 7 heteroatoms. The molecule has 2 rings (SSSR count). The zero-order chi connectivity index (χ0) is 18.4. The van der Waals surface area contributed by atoms with Crippen molar-refractivity contribution < 1.29 is 9.53 Å². The lowest BCUT2D eigenvalue weighted by atomic mass is 10.1. The van der Waals surface area contributed by atoms with Crippen LogP contribution in [-0.4, -0.2) is 12.5 Å². The normalized spacial score (nSPS) is 10.9. The lowest BCUT2D eigenvalue weighted by Gasteiger charge is -2.10. The van der Waals surface area contributed by atoms with Crippen LogP contribution in [0.3, 0.4) is 0 Å². The van der Waals surface area contributed by atoms with E-state index in [1.54, 1.807) is 30.3 Å². The first-order chi connectivity index (χ1) is 12.0. The lowest BCUT2D eigenvalue weighted by Crippen LogP contribution is -2.13. The van der Waals surface area contributed by atoms with Gasteiger partial charge in [-0.1, -0.05) is 23.7 Å². The minimum absolute atomic E-state index is 0.00400. The van der Waals surface area contributed by atoms with Crippen LogP contribution in [0, 0.1) is 18.5 Å². The third kappa shape index (κ3) is 5.33. The van der Waals surface area contributed by atoms with E-state index in [0.717, 1.165) is 18.5 Å². The Balaban J connectivity index is 2.30. The predicted molar refractivity (Wildman–Crippen MR) is 117 cm³/mol. The largest absolute Gasteiger partial charge is 0.492 e. The van der Waals surface area contributed by atoms with E-state index in [0.29, 0.717) is 17.3 Å². The lowest BCUT2D eigenvalue weighted by molar-refractivity contribution is -0.112. The highest BCUT2D eigenvalue weighted by Crippen LogP contribution is 2.30. The Kier molecular flexibility index (Phi) is 7.53. The van der Waals surface area contributed by atoms with Gasteiger partial charge in [-0.2, -0.15) is 5.26 Å². The van der Waals surface area contributed by atoms with Crippen molar-refractivity contribution in [2.45, 2.75) is 6.92 Å². The smallest absolute Gasteiger partial charge is 0.266 e. The van der Waals surface area contributed by atoms with E-state index in [9.17, 15) is 10.1 Å². The Hall–Kier alpha value is -1.31. The van der Waals surface area contributed by atoms with Crippen molar-refractivity contribution in [3.63, 3.8) is 0 Å². The van der Waals surface area contributed by atoms with Gasteiger partial charge in [-0.3, -0.25) is 4.79 Å². The predicted octanol–water partition coefficient (Wildman–Crippen LogP) is 5.49. The fourth-order valence-corrected chi connectivity index (χ4v) is 4.32. The maximum absolute atomic E-state index is 12.4. The number of amides is 1. The molecule has 2 aromatic rings. The molecule has 2 aromatic carbocycles. The standard InChI is InChI=1S/C18H13ClI2N2O2/c1-2-25-17-14(20)8-11(9-15(17)21)7-12(10-22)18(24)23-16-6-4-3-5-13(16)19/h3-9H,2H2,1H3,(H,23,24)/b12-7+. The van der Waals surface area contributed by atoms with Crippen LogP contribution in [0.15, 0.2) is 42.0 Å². The summed E-state index contributed by atoms with van der Waals surface area (Å²) in [6.45, 7) is 2.50. The van der Waals surface area contributed by atoms with Crippen LogP contribution in [0.1, 0.15) is 12.5 Å². The van der Waals surface area contributed by atoms with Crippen molar-refractivity contribution >= 4 is 74.5 Å². The van der Waals surface area contributed by atoms with Crippen LogP contribution in [-0.2, 0) is 4.79 Å². The van der Waals surface area contributed by atoms with Gasteiger partial charge in [0.25, 0.3) is 5.91 Å². The molecule has 0 saturated heterocycles. The number of rotatable bonds is 5. The molecule has 25 heavy (non-hydrogen) atoms. The number of anilines is 1. The van der Waals surface area contributed by atoms with Gasteiger partial charge in [-0.25, -0.2) is 0 Å². The Morgan fingerprint density at radius 2 is 1.96 bits per heavy atom. The molecule has 0 spiro atoms. The molecule has 1 N–H and O–H groups in total. The maximum Gasteiger partial charge on any atom is 0.266 e. The SMILES string of the molecule is CCOc1c(I)cc(/C=C(\C#N)C(=O)Nc2ccccc2Cl)cc1I. The Morgan fingerprint density at radius 1 is 1.32 bits per heavy atom. The summed E-state index contributed by atoms with van der Waals surface area (Å²) in [6.07, 6.45) is 1.55. The summed E-state index contributed by atoms with van der Waals surface area (Å²) in [5.74, 6) is 0.300. The van der Waals surface area contributed by atoms with Gasteiger partial charge in [0.15, 0.2) is 0 Å². The Morgan fingerprint density at radius 3 is 2.52 bits per heavy atom. The van der Waals surface area contributed by atoms with Crippen molar-refractivity contribution in [3.05, 3.63) is 59.7 Å². The number of ether oxygens (including phenoxy) is 1. The van der Waals surface area contributed by atoms with E-state index in [-0.39, 0.29) is 5.57 Å². The van der Waals surface area contributed by atoms with Crippen LogP contribution in [0.25, 0.3) is 6.08 Å². The highest BCUT2D eigenvalue weighted by Gasteiger charge is 2.13. The summed E-state index contributed by atoms with van der Waals surface area (Å²) < 4.78 is 7.43. The van der Waals surface area contributed by atoms with Crippen LogP contribution in [0.4, 0.5) is 5.69 Å². The molecule has 0 aliphatic heterocycles. The molecule has 0 atom stereocenters. The number of para-hydroxylation sites is 1. The second-order valence-electron chi connectivity index (χ2n) is 4.85. The summed E-state index contributed by atoms with van der Waals surface area (Å²) >= 11 is 10.4. The van der Waals surface area contributed by atoms with Gasteiger partial charge in [0.2, 0.25) is 0 Å². The number of nitrogens with one attached hydrogen (secondary N) is 1. The van der Waals surface area contributed by atoms with Crippen LogP contribution in [0.5, 0.6) is 5.75 Å². The van der Waals surface area contributed by atoms with E-state index < -0.39 is 5.91 Å². The topological polar surface area (TPSA) is 62.1 Å². The first-order valence-electron chi connectivity index (χ1n) is 7.25. The highest BCUT2D eigenvalue weighted by molar-refractivity contribution is 14.1. The summed E-state index contributed by atoms with van der Waals surface area (Å²) in [7, 11) is 0. The molecule has 0 fully saturated rings. The maximum atomic E-state index is 12.4. The summed E-state index contributed by atoms with van der Waals surface area (Å²) in [6, 6.07) is 12.6. The van der Waals surface area contributed by atoms with Crippen LogP contribution < -0.4 is 10.1 Å². The molecule has 0 unspecified atom stereocenters. The summed E-state index contributed by atoms with van der Waals surface area (Å²) in [5.41, 5.74) is 1.21. The minimum atomic E-state index is -0.505. The van der Waals surface area contributed by atoms with Gasteiger partial charge in [0.05, 0.1) is 24.5 Å². The van der Waals surface area contributed by atoms with Gasteiger partial charge in [-0.15, -0.1) is 0 Å². The third-order valence-electron chi connectivity index (χ3n) is 3.11. The highest BCUT2D eigenvalue weighted by atomic mass is 127. The summed E-state index contributed by atoms with van der Waals surface area (Å²) in [4.78, 5) is 12.4. The van der Waals surface area contributed by atoms with Gasteiger partial charge < -0.3 is 10.1 Å². The average molecular weight is 579 g/mol. The molecule has 128 valence electrons. The molecule has 0 radical (unpaired) electrons. The molecule has 0 bridgehead atoms. The van der Waals surface area contributed by atoms with E-state index in [1.165, 1.54) is 0 Å². The van der Waals surface area contributed by atoms with Crippen LogP contribution in [0.2, 0.25) is 5.02 Å². The molecular weight excluding hydrogens is 565 g/mol. The third-order valence-corrected chi connectivity index (χ3v) is 5.04. The second-order valence-corrected chi connectivity index (χ2v) is 7.58. The quantitative estimate of drug-likeness (QED) is 0.290. The van der Waals surface area contributed by atoms with Crippen molar-refractivity contribution in [1.29, 1.82) is 5.26 Å². The minimum Gasteiger partial charge on any atom is -0.492 e. The van der Waals surface area contributed by atoms with Crippen molar-refractivity contribution in [1.82, 2.24) is 0 Å². The van der Waals surface area contributed by atoms with Gasteiger partial charge >= 0.3 is 0 Å². The molecule has 0 saturated carbocycles. The number of carbonyl (C=O) groups is 1. The number of carbonyl (C=O) groups excluding carboxylic acids is 1. The molecule has 1 amide bonds. The summed E-state index contributed by atoms with van der Waals surface area (Å²) in [5, 5.41) is 12.4. The van der Waals surface area contributed by atoms with Crippen molar-refractivity contribution in [3.8, 4) is 11.8 Å². The first kappa shape index (κ1) is 20.0. The Bertz CT molecular complexity index is 853. The molecule has 4 nitrogen and oxygen atoms in total. The number of nitrogens with zero attached hydrogens (tertiary/aromatic N) is 1. The molecule has 0 aromatic heterocycles. The fraction of sp³-hybridized carbons (Fsp3) is 0.111. The monoisotopic (exact) mass is 578 g/mol. The van der Waals surface area contributed by atoms with Crippen molar-refractivity contribution in [2.75, 3.05) is 11.9 Å². The van der Waals surface area contributed by atoms with E-state index >= 15 is 0 Å². The van der Waals surface area contributed by atoms with Gasteiger partial charge in [-0.05, 0) is 88.0 Å². The number of hydrogen-bond donors (Lipinski definition) is 1. The van der Waals surface area contributed by atoms with Gasteiger partial charge in [0.1, 0.15) is 17.4 Å². The zero-order valence-corrected chi connectivity index (χ0v) is 18.2. The number of halogens is 3. The van der Waals surface area contributed by atoms with Crippen LogP contribution >= 0.6 is 56.8 Å². The molecule has 0 aliphatic rings. The molecule has 0 heterocycles. The number of benzene rings is 2. The zero-order valence-electron chi connectivity index (χ0n) is 13.1. The van der Waals surface area contributed by atoms with E-state index in [4.69, 9.17) is 16.3 Å². The Labute approximate surface area is 178 Å². The van der Waals surface area contributed by atoms with Gasteiger partial charge in [0, 0.05) is 0 Å². The fourth-order valence-electron chi connectivity index (χ4n) is 2.01. The van der Waals surface area contributed by atoms with E-state index in [1.807, 2.05) is 25.1 Å². The molecular formula is C18H13ClI2N2O2. The number of hydrogen-bond acceptors (Lipinski definition) is 3. The first-order valence-corrected chi connectivity index (χ1v) is 9.79. The van der Waals surface area contributed by atoms with E-state index in [2.05, 4.69) is 50.5 Å². The number of nitriles is 1. The average Bonchev–Trinajstić information content (AvgIpc) is 2.58.